The van der Waals surface area contributed by atoms with Crippen LogP contribution in [0.1, 0.15) is 69.0 Å². The molecule has 1 aromatic heterocycles. The SMILES string of the molecule is CC(C)(C)C(NC(=O)O)[C@H](CC1CCCCC1)NC(=O)c1cc(Br)cs1. The fourth-order valence-electron chi connectivity index (χ4n) is 3.79. The van der Waals surface area contributed by atoms with E-state index in [1.807, 2.05) is 26.2 Å². The van der Waals surface area contributed by atoms with Gasteiger partial charge >= 0.3 is 6.09 Å². The summed E-state index contributed by atoms with van der Waals surface area (Å²) < 4.78 is 0.882. The zero-order valence-electron chi connectivity index (χ0n) is 15.7. The number of thiophene rings is 1. The molecule has 0 aromatic carbocycles. The van der Waals surface area contributed by atoms with Gasteiger partial charge in [-0.25, -0.2) is 4.79 Å². The molecule has 2 rings (SSSR count). The van der Waals surface area contributed by atoms with Gasteiger partial charge in [-0.1, -0.05) is 52.9 Å². The summed E-state index contributed by atoms with van der Waals surface area (Å²) in [6.45, 7) is 6.03. The van der Waals surface area contributed by atoms with Crippen molar-refractivity contribution < 1.29 is 14.7 Å². The number of carboxylic acid groups (broad SMARTS) is 1. The van der Waals surface area contributed by atoms with E-state index >= 15 is 0 Å². The lowest BCUT2D eigenvalue weighted by Crippen LogP contribution is -2.57. The van der Waals surface area contributed by atoms with E-state index in [2.05, 4.69) is 26.6 Å². The molecule has 2 amide bonds. The van der Waals surface area contributed by atoms with Gasteiger partial charge in [-0.3, -0.25) is 4.79 Å². The third-order valence-electron chi connectivity index (χ3n) is 5.03. The van der Waals surface area contributed by atoms with Gasteiger partial charge in [0.25, 0.3) is 5.91 Å². The molecule has 1 saturated carbocycles. The number of hydrogen-bond donors (Lipinski definition) is 3. The summed E-state index contributed by atoms with van der Waals surface area (Å²) in [4.78, 5) is 24.7. The smallest absolute Gasteiger partial charge is 0.404 e. The Morgan fingerprint density at radius 3 is 2.42 bits per heavy atom. The number of halogens is 1. The van der Waals surface area contributed by atoms with Crippen LogP contribution in [0.2, 0.25) is 0 Å². The molecule has 146 valence electrons. The van der Waals surface area contributed by atoms with Gasteiger partial charge in [-0.05, 0) is 39.8 Å². The Morgan fingerprint density at radius 1 is 1.27 bits per heavy atom. The minimum Gasteiger partial charge on any atom is -0.465 e. The summed E-state index contributed by atoms with van der Waals surface area (Å²) in [6.07, 6.45) is 5.77. The van der Waals surface area contributed by atoms with Crippen LogP contribution >= 0.6 is 27.3 Å². The second-order valence-electron chi connectivity index (χ2n) is 8.24. The minimum absolute atomic E-state index is 0.136. The van der Waals surface area contributed by atoms with E-state index in [0.717, 1.165) is 23.7 Å². The molecule has 3 N–H and O–H groups in total. The summed E-state index contributed by atoms with van der Waals surface area (Å²) in [6, 6.07) is 1.21. The zero-order chi connectivity index (χ0) is 19.3. The minimum atomic E-state index is -1.05. The van der Waals surface area contributed by atoms with Crippen LogP contribution in [0.25, 0.3) is 0 Å². The van der Waals surface area contributed by atoms with Crippen LogP contribution in [0.4, 0.5) is 4.79 Å². The molecule has 1 heterocycles. The lowest BCUT2D eigenvalue weighted by molar-refractivity contribution is 0.0884. The normalized spacial score (nSPS) is 18.2. The van der Waals surface area contributed by atoms with Gasteiger partial charge in [0.1, 0.15) is 0 Å². The quantitative estimate of drug-likeness (QED) is 0.559. The lowest BCUT2D eigenvalue weighted by Gasteiger charge is -2.39. The molecule has 7 heteroatoms. The van der Waals surface area contributed by atoms with Crippen LogP contribution in [0, 0.1) is 11.3 Å². The van der Waals surface area contributed by atoms with Crippen LogP contribution in [-0.4, -0.2) is 29.2 Å². The van der Waals surface area contributed by atoms with E-state index in [4.69, 9.17) is 0 Å². The highest BCUT2D eigenvalue weighted by Crippen LogP contribution is 2.32. The summed E-state index contributed by atoms with van der Waals surface area (Å²) in [5, 5.41) is 17.0. The molecule has 1 aliphatic rings. The third-order valence-corrected chi connectivity index (χ3v) is 6.72. The van der Waals surface area contributed by atoms with Crippen molar-refractivity contribution in [1.29, 1.82) is 0 Å². The van der Waals surface area contributed by atoms with Crippen molar-refractivity contribution in [3.63, 3.8) is 0 Å². The predicted octanol–water partition coefficient (Wildman–Crippen LogP) is 5.26. The summed E-state index contributed by atoms with van der Waals surface area (Å²) in [5.41, 5.74) is -0.305. The van der Waals surface area contributed by atoms with Gasteiger partial charge in [-0.15, -0.1) is 11.3 Å². The highest BCUT2D eigenvalue weighted by atomic mass is 79.9. The molecule has 1 aromatic rings. The van der Waals surface area contributed by atoms with Crippen molar-refractivity contribution in [1.82, 2.24) is 10.6 Å². The largest absolute Gasteiger partial charge is 0.465 e. The van der Waals surface area contributed by atoms with Crippen LogP contribution < -0.4 is 10.6 Å². The third kappa shape index (κ3) is 6.27. The zero-order valence-corrected chi connectivity index (χ0v) is 18.1. The average Bonchev–Trinajstić information content (AvgIpc) is 2.98. The highest BCUT2D eigenvalue weighted by molar-refractivity contribution is 9.10. The maximum absolute atomic E-state index is 12.7. The monoisotopic (exact) mass is 444 g/mol. The molecular weight excluding hydrogens is 416 g/mol. The maximum atomic E-state index is 12.7. The van der Waals surface area contributed by atoms with Crippen molar-refractivity contribution in [3.05, 3.63) is 20.8 Å². The number of amides is 2. The van der Waals surface area contributed by atoms with E-state index < -0.39 is 6.09 Å². The van der Waals surface area contributed by atoms with Crippen molar-refractivity contribution >= 4 is 39.3 Å². The van der Waals surface area contributed by atoms with Gasteiger partial charge < -0.3 is 15.7 Å². The topological polar surface area (TPSA) is 78.4 Å². The molecular formula is C19H29BrN2O3S. The molecule has 5 nitrogen and oxygen atoms in total. The first-order chi connectivity index (χ1) is 12.2. The molecule has 0 saturated heterocycles. The van der Waals surface area contributed by atoms with Gasteiger partial charge in [0.15, 0.2) is 0 Å². The lowest BCUT2D eigenvalue weighted by atomic mass is 9.76. The first kappa shape index (κ1) is 21.2. The van der Waals surface area contributed by atoms with Crippen molar-refractivity contribution in [2.75, 3.05) is 0 Å². The summed E-state index contributed by atoms with van der Waals surface area (Å²) >= 11 is 4.76. The van der Waals surface area contributed by atoms with Crippen LogP contribution in [-0.2, 0) is 0 Å². The van der Waals surface area contributed by atoms with Gasteiger partial charge in [0.2, 0.25) is 0 Å². The van der Waals surface area contributed by atoms with Gasteiger partial charge in [0, 0.05) is 9.85 Å². The molecule has 0 radical (unpaired) electrons. The molecule has 0 aliphatic heterocycles. The molecule has 0 bridgehead atoms. The Balaban J connectivity index is 2.20. The number of rotatable bonds is 6. The molecule has 2 atom stereocenters. The number of hydrogen-bond acceptors (Lipinski definition) is 3. The Kier molecular flexibility index (Phi) is 7.52. The molecule has 26 heavy (non-hydrogen) atoms. The van der Waals surface area contributed by atoms with E-state index in [1.165, 1.54) is 30.6 Å². The fraction of sp³-hybridized carbons (Fsp3) is 0.684. The second-order valence-corrected chi connectivity index (χ2v) is 10.1. The number of carbonyl (C=O) groups is 2. The Hall–Kier alpha value is -1.08. The fourth-order valence-corrected chi connectivity index (χ4v) is 5.11. The van der Waals surface area contributed by atoms with Crippen molar-refractivity contribution in [3.8, 4) is 0 Å². The first-order valence-corrected chi connectivity index (χ1v) is 10.9. The molecule has 1 aliphatic carbocycles. The van der Waals surface area contributed by atoms with Crippen molar-refractivity contribution in [2.45, 2.75) is 71.4 Å². The highest BCUT2D eigenvalue weighted by Gasteiger charge is 2.36. The Morgan fingerprint density at radius 2 is 1.92 bits per heavy atom. The predicted molar refractivity (Wildman–Crippen MR) is 109 cm³/mol. The number of nitrogens with one attached hydrogen (secondary N) is 2. The number of carbonyl (C=O) groups excluding carboxylic acids is 1. The van der Waals surface area contributed by atoms with Gasteiger partial charge in [-0.2, -0.15) is 0 Å². The molecule has 1 unspecified atom stereocenters. The Labute approximate surface area is 168 Å². The van der Waals surface area contributed by atoms with E-state index in [1.54, 1.807) is 6.07 Å². The van der Waals surface area contributed by atoms with E-state index in [-0.39, 0.29) is 23.4 Å². The van der Waals surface area contributed by atoms with E-state index in [9.17, 15) is 14.7 Å². The van der Waals surface area contributed by atoms with Crippen LogP contribution in [0.5, 0.6) is 0 Å². The molecule has 1 fully saturated rings. The van der Waals surface area contributed by atoms with Crippen molar-refractivity contribution in [2.24, 2.45) is 11.3 Å². The standard InChI is InChI=1S/C19H29BrN2O3S/c1-19(2,3)16(22-18(24)25)14(9-12-7-5-4-6-8-12)21-17(23)15-10-13(20)11-26-15/h10-12,14,16,22H,4-9H2,1-3H3,(H,21,23)(H,24,25)/t14-,16?/m0/s1. The van der Waals surface area contributed by atoms with E-state index in [0.29, 0.717) is 10.8 Å². The Bertz CT molecular complexity index is 621. The summed E-state index contributed by atoms with van der Waals surface area (Å²) in [7, 11) is 0. The molecule has 0 spiro atoms. The first-order valence-electron chi connectivity index (χ1n) is 9.21. The second kappa shape index (κ2) is 9.22. The van der Waals surface area contributed by atoms with Crippen LogP contribution in [0.15, 0.2) is 15.9 Å². The van der Waals surface area contributed by atoms with Gasteiger partial charge in [0.05, 0.1) is 17.0 Å². The maximum Gasteiger partial charge on any atom is 0.404 e. The summed E-state index contributed by atoms with van der Waals surface area (Å²) in [5.74, 6) is 0.396. The van der Waals surface area contributed by atoms with Crippen LogP contribution in [0.3, 0.4) is 0 Å². The average molecular weight is 445 g/mol.